The summed E-state index contributed by atoms with van der Waals surface area (Å²) in [6.07, 6.45) is 0. The second-order valence-corrected chi connectivity index (χ2v) is 22.1. The van der Waals surface area contributed by atoms with Crippen molar-refractivity contribution in [3.8, 4) is 50.6 Å². The van der Waals surface area contributed by atoms with Crippen LogP contribution in [0.3, 0.4) is 0 Å². The maximum absolute atomic E-state index is 11.9. The molecule has 0 bridgehead atoms. The first-order valence-electron chi connectivity index (χ1n) is 30.7. The van der Waals surface area contributed by atoms with Crippen molar-refractivity contribution in [2.75, 3.05) is 91.2 Å². The molecule has 0 aliphatic carbocycles. The third-order valence-electron chi connectivity index (χ3n) is 14.8. The molecule has 0 atom stereocenters. The van der Waals surface area contributed by atoms with Crippen molar-refractivity contribution in [1.29, 1.82) is 0 Å². The molecule has 0 saturated heterocycles. The largest absolute Gasteiger partial charge is 0.497 e. The number of aliphatic carboxylic acids is 1. The molecule has 0 aliphatic heterocycles. The molecule has 0 saturated carbocycles. The highest BCUT2D eigenvalue weighted by atomic mass is 35.5. The molecule has 0 spiro atoms. The second kappa shape index (κ2) is 35.7. The molecule has 7 aromatic heterocycles. The number of nitrogens with one attached hydrogen (secondary N) is 2. The summed E-state index contributed by atoms with van der Waals surface area (Å²) in [5.41, 5.74) is 17.4. The smallest absolute Gasteiger partial charge is 0.325 e. The molecule has 0 aliphatic rings. The third kappa shape index (κ3) is 19.4. The van der Waals surface area contributed by atoms with E-state index in [1.165, 1.54) is 14.2 Å². The third-order valence-corrected chi connectivity index (χ3v) is 15.1. The van der Waals surface area contributed by atoms with Crippen molar-refractivity contribution < 1.29 is 47.7 Å². The molecular formula is C68H89Cl2N15O10. The maximum Gasteiger partial charge on any atom is 0.325 e. The van der Waals surface area contributed by atoms with Crippen molar-refractivity contribution in [3.05, 3.63) is 141 Å². The van der Waals surface area contributed by atoms with Gasteiger partial charge in [-0.15, -0.1) is 12.4 Å². The van der Waals surface area contributed by atoms with Gasteiger partial charge in [0.25, 0.3) is 0 Å². The molecule has 0 amide bonds. The molecule has 3 aromatic carbocycles. The second-order valence-electron chi connectivity index (χ2n) is 21.7. The standard InChI is InChI=1S/C22H26N6O2.C21H26N4O3.C16H16ClN3O.C5H11NO2.C4H9NO2.ClH/c1-7-27(12-19-24-16(5)26-30-19)20-11-14(3)23-22-21(15(4)25-28(20)22)18-9-8-17(29-6)10-13(18)2;1-7-24(12-19(26)28-6)18-11-14(3)22-21-20(15(4)23-25(18)21)17-9-8-16(27-5)10-13(17)2;1-9-7-12(21-4)5-6-13(9)15-11(3)19-20-14(17)8-10(2)18-16(15)20;1-3-6-4-5(7)8-2;1-2-5-3-4(6)7;/h8-11H,7,12H2,1-6H3;8-11H,7,12H2,1-6H3;5-8H,1-4H3;6H,3-4H2,1-2H3;5H,2-3H2,1H3,(H,6,7);1H. The van der Waals surface area contributed by atoms with Crippen LogP contribution in [0.15, 0.2) is 77.3 Å². The first kappa shape index (κ1) is 76.3. The lowest BCUT2D eigenvalue weighted by atomic mass is 10.0. The summed E-state index contributed by atoms with van der Waals surface area (Å²) in [4.78, 5) is 54.5. The lowest BCUT2D eigenvalue weighted by Crippen LogP contribution is -2.32. The molecule has 10 aromatic rings. The van der Waals surface area contributed by atoms with Crippen LogP contribution in [0.4, 0.5) is 11.6 Å². The number of nitrogens with zero attached hydrogens (tertiary/aromatic N) is 13. The predicted octanol–water partition coefficient (Wildman–Crippen LogP) is 11.2. The molecule has 25 nitrogen and oxygen atoms in total. The number of esters is 2. The molecule has 0 radical (unpaired) electrons. The van der Waals surface area contributed by atoms with E-state index in [2.05, 4.69) is 67.3 Å². The summed E-state index contributed by atoms with van der Waals surface area (Å²) in [7, 11) is 7.77. The number of aromatic nitrogens is 11. The number of halogens is 2. The zero-order chi connectivity index (χ0) is 69.1. The number of carboxylic acid groups (broad SMARTS) is 1. The maximum atomic E-state index is 11.9. The van der Waals surface area contributed by atoms with Gasteiger partial charge in [0.05, 0.1) is 72.3 Å². The minimum Gasteiger partial charge on any atom is -0.497 e. The number of methoxy groups -OCH3 is 5. The first-order chi connectivity index (χ1) is 44.9. The minimum atomic E-state index is -0.804. The summed E-state index contributed by atoms with van der Waals surface area (Å²) in [6, 6.07) is 23.8. The van der Waals surface area contributed by atoms with Crippen molar-refractivity contribution in [3.63, 3.8) is 0 Å². The van der Waals surface area contributed by atoms with Gasteiger partial charge in [-0.2, -0.15) is 29.3 Å². The van der Waals surface area contributed by atoms with Crippen LogP contribution < -0.4 is 34.6 Å². The Hall–Kier alpha value is -9.43. The summed E-state index contributed by atoms with van der Waals surface area (Å²) in [5.74, 6) is 4.14. The van der Waals surface area contributed by atoms with Crippen LogP contribution in [0.2, 0.25) is 5.15 Å². The van der Waals surface area contributed by atoms with Gasteiger partial charge >= 0.3 is 17.9 Å². The van der Waals surface area contributed by atoms with Crippen LogP contribution in [-0.2, 0) is 30.4 Å². The van der Waals surface area contributed by atoms with Crippen LogP contribution in [0, 0.1) is 69.2 Å². The van der Waals surface area contributed by atoms with Crippen LogP contribution in [0.25, 0.3) is 50.3 Å². The van der Waals surface area contributed by atoms with E-state index in [1.807, 2.05) is 157 Å². The van der Waals surface area contributed by atoms with E-state index in [4.69, 9.17) is 60.3 Å². The number of hydrogen-bond donors (Lipinski definition) is 3. The number of carbonyl (C=O) groups is 3. The quantitative estimate of drug-likeness (QED) is 0.0472. The van der Waals surface area contributed by atoms with Crippen molar-refractivity contribution in [1.82, 2.24) is 64.6 Å². The van der Waals surface area contributed by atoms with Gasteiger partial charge in [-0.1, -0.05) is 48.8 Å². The summed E-state index contributed by atoms with van der Waals surface area (Å²) in [6.45, 7) is 31.7. The topological polar surface area (TPSA) is 278 Å². The Labute approximate surface area is 565 Å². The predicted molar refractivity (Wildman–Crippen MR) is 372 cm³/mol. The molecule has 0 unspecified atom stereocenters. The van der Waals surface area contributed by atoms with Gasteiger partial charge in [0.2, 0.25) is 5.89 Å². The number of carboxylic acids is 1. The van der Waals surface area contributed by atoms with Crippen molar-refractivity contribution in [2.45, 2.75) is 103 Å². The van der Waals surface area contributed by atoms with Crippen LogP contribution in [0.1, 0.15) is 90.3 Å². The van der Waals surface area contributed by atoms with Gasteiger partial charge in [-0.3, -0.25) is 14.4 Å². The van der Waals surface area contributed by atoms with Crippen LogP contribution in [-0.4, -0.2) is 158 Å². The average molecular weight is 1350 g/mol. The highest BCUT2D eigenvalue weighted by Gasteiger charge is 2.24. The molecule has 10 rings (SSSR count). The molecule has 95 heavy (non-hydrogen) atoms. The Morgan fingerprint density at radius 3 is 1.26 bits per heavy atom. The number of likely N-dealkylation sites (N-methyl/N-ethyl adjacent to an activating group) is 3. The Kier molecular flexibility index (Phi) is 28.7. The molecule has 510 valence electrons. The Balaban J connectivity index is 0.000000233. The van der Waals surface area contributed by atoms with E-state index in [1.54, 1.807) is 25.8 Å². The van der Waals surface area contributed by atoms with Gasteiger partial charge < -0.3 is 53.7 Å². The fourth-order valence-corrected chi connectivity index (χ4v) is 10.5. The van der Waals surface area contributed by atoms with E-state index < -0.39 is 5.97 Å². The molecule has 7 heterocycles. The van der Waals surface area contributed by atoms with Crippen LogP contribution >= 0.6 is 24.0 Å². The highest BCUT2D eigenvalue weighted by molar-refractivity contribution is 6.29. The fourth-order valence-electron chi connectivity index (χ4n) is 10.2. The monoisotopic (exact) mass is 1350 g/mol. The van der Waals surface area contributed by atoms with E-state index in [0.29, 0.717) is 43.0 Å². The van der Waals surface area contributed by atoms with E-state index in [-0.39, 0.29) is 37.4 Å². The van der Waals surface area contributed by atoms with E-state index in [9.17, 15) is 14.4 Å². The highest BCUT2D eigenvalue weighted by Crippen LogP contribution is 2.37. The number of carbonyl (C=O) groups excluding carboxylic acids is 2. The fraction of sp³-hybridized carbons (Fsp3) is 0.397. The van der Waals surface area contributed by atoms with E-state index in [0.717, 1.165) is 143 Å². The number of fused-ring (bicyclic) bond motifs is 3. The number of anilines is 2. The van der Waals surface area contributed by atoms with Gasteiger partial charge in [0.1, 0.15) is 40.6 Å². The van der Waals surface area contributed by atoms with Crippen molar-refractivity contribution in [2.24, 2.45) is 0 Å². The summed E-state index contributed by atoms with van der Waals surface area (Å²) >= 11 is 6.26. The molecule has 3 N–H and O–H groups in total. The zero-order valence-corrected chi connectivity index (χ0v) is 59.4. The number of aryl methyl sites for hydroxylation is 10. The average Bonchev–Trinajstić information content (AvgIpc) is 1.65. The first-order valence-corrected chi connectivity index (χ1v) is 31.0. The molecule has 27 heteroatoms. The Morgan fingerprint density at radius 2 is 0.916 bits per heavy atom. The minimum absolute atomic E-state index is 0. The lowest BCUT2D eigenvalue weighted by Gasteiger charge is -2.22. The van der Waals surface area contributed by atoms with Crippen molar-refractivity contribution >= 4 is 70.5 Å². The molecular weight excluding hydrogens is 1260 g/mol. The number of benzene rings is 3. The number of ether oxygens (including phenoxy) is 5. The number of rotatable bonds is 20. The van der Waals surface area contributed by atoms with Crippen LogP contribution in [0.5, 0.6) is 17.2 Å². The van der Waals surface area contributed by atoms with Gasteiger partial charge in [-0.05, 0) is 172 Å². The van der Waals surface area contributed by atoms with E-state index >= 15 is 0 Å². The van der Waals surface area contributed by atoms with Gasteiger partial charge in [-0.25, -0.2) is 19.5 Å². The summed E-state index contributed by atoms with van der Waals surface area (Å²) < 4.78 is 35.9. The number of hydrogen-bond acceptors (Lipinski definition) is 21. The lowest BCUT2D eigenvalue weighted by molar-refractivity contribution is -0.140. The Bertz CT molecular complexity index is 4240. The van der Waals surface area contributed by atoms with Gasteiger partial charge in [0, 0.05) is 59.0 Å². The zero-order valence-electron chi connectivity index (χ0n) is 57.8. The molecule has 0 fully saturated rings. The van der Waals surface area contributed by atoms with Gasteiger partial charge in [0.15, 0.2) is 22.8 Å². The SMILES string of the molecule is CCN(CC(=O)OC)c1cc(C)nc2c(-c3ccc(OC)cc3C)c(C)nn12.CCN(Cc1nc(C)no1)c1cc(C)nc2c(-c3ccc(OC)cc3C)c(C)nn12.CCNCC(=O)O.CCNCC(=O)OC.COc1ccc(-c2c(C)nn3c(Cl)cc(C)nc23)c(C)c1.Cl. The normalized spacial score (nSPS) is 10.6. The summed E-state index contributed by atoms with van der Waals surface area (Å²) in [5, 5.41) is 32.0. The Morgan fingerprint density at radius 1 is 0.526 bits per heavy atom.